The summed E-state index contributed by atoms with van der Waals surface area (Å²) in [5.41, 5.74) is 4.45. The minimum atomic E-state index is -0.541. The molecule has 5 nitrogen and oxygen atoms in total. The second kappa shape index (κ2) is 10.7. The Bertz CT molecular complexity index is 1270. The molecule has 0 aliphatic rings. The number of anilines is 1. The molecule has 6 heteroatoms. The minimum absolute atomic E-state index is 0.233. The number of esters is 1. The van der Waals surface area contributed by atoms with Crippen molar-refractivity contribution in [3.63, 3.8) is 0 Å². The van der Waals surface area contributed by atoms with Crippen LogP contribution in [0, 0.1) is 6.92 Å². The standard InChI is InChI=1S/C28H22ClNO4/c1-19-2-4-20(5-3-19)21-6-14-25(15-7-21)33-18-27(31)34-26-16-8-22(9-17-26)28(32)30-24-12-10-23(29)11-13-24/h2-17H,18H2,1H3,(H,30,32). The Morgan fingerprint density at radius 3 is 1.91 bits per heavy atom. The lowest BCUT2D eigenvalue weighted by molar-refractivity contribution is -0.136. The molecule has 1 amide bonds. The van der Waals surface area contributed by atoms with Crippen LogP contribution in [0.3, 0.4) is 0 Å². The first kappa shape index (κ1) is 23.1. The van der Waals surface area contributed by atoms with Crippen LogP contribution in [0.1, 0.15) is 15.9 Å². The van der Waals surface area contributed by atoms with Crippen molar-refractivity contribution >= 4 is 29.2 Å². The van der Waals surface area contributed by atoms with Crippen LogP contribution in [0.25, 0.3) is 11.1 Å². The van der Waals surface area contributed by atoms with Crippen LogP contribution < -0.4 is 14.8 Å². The number of hydrogen-bond acceptors (Lipinski definition) is 4. The molecule has 0 saturated heterocycles. The second-order valence-electron chi connectivity index (χ2n) is 7.64. The van der Waals surface area contributed by atoms with E-state index in [0.29, 0.717) is 27.8 Å². The highest BCUT2D eigenvalue weighted by Crippen LogP contribution is 2.23. The summed E-state index contributed by atoms with van der Waals surface area (Å²) >= 11 is 5.85. The fraction of sp³-hybridized carbons (Fsp3) is 0.0714. The molecule has 0 saturated carbocycles. The largest absolute Gasteiger partial charge is 0.482 e. The predicted molar refractivity (Wildman–Crippen MR) is 134 cm³/mol. The molecule has 0 bridgehead atoms. The summed E-state index contributed by atoms with van der Waals surface area (Å²) in [4.78, 5) is 24.5. The maximum Gasteiger partial charge on any atom is 0.349 e. The number of aryl methyl sites for hydroxylation is 1. The van der Waals surface area contributed by atoms with Gasteiger partial charge in [-0.15, -0.1) is 0 Å². The van der Waals surface area contributed by atoms with Gasteiger partial charge in [-0.1, -0.05) is 53.6 Å². The number of carbonyl (C=O) groups excluding carboxylic acids is 2. The van der Waals surface area contributed by atoms with Crippen molar-refractivity contribution in [1.29, 1.82) is 0 Å². The molecule has 0 unspecified atom stereocenters. The summed E-state index contributed by atoms with van der Waals surface area (Å²) in [7, 11) is 0. The lowest BCUT2D eigenvalue weighted by Gasteiger charge is -2.09. The van der Waals surface area contributed by atoms with Crippen molar-refractivity contribution in [1.82, 2.24) is 0 Å². The van der Waals surface area contributed by atoms with Gasteiger partial charge in [0.2, 0.25) is 0 Å². The van der Waals surface area contributed by atoms with Crippen molar-refractivity contribution in [2.45, 2.75) is 6.92 Å². The Balaban J connectivity index is 1.27. The van der Waals surface area contributed by atoms with Crippen LogP contribution in [-0.2, 0) is 4.79 Å². The number of hydrogen-bond donors (Lipinski definition) is 1. The molecule has 0 aliphatic carbocycles. The van der Waals surface area contributed by atoms with Gasteiger partial charge in [0, 0.05) is 16.3 Å². The number of carbonyl (C=O) groups is 2. The van der Waals surface area contributed by atoms with Crippen molar-refractivity contribution in [2.75, 3.05) is 11.9 Å². The van der Waals surface area contributed by atoms with Crippen LogP contribution in [0.5, 0.6) is 11.5 Å². The number of nitrogens with one attached hydrogen (secondary N) is 1. The highest BCUT2D eigenvalue weighted by molar-refractivity contribution is 6.30. The average Bonchev–Trinajstić information content (AvgIpc) is 2.85. The molecule has 34 heavy (non-hydrogen) atoms. The fourth-order valence-corrected chi connectivity index (χ4v) is 3.33. The summed E-state index contributed by atoms with van der Waals surface area (Å²) < 4.78 is 10.8. The number of amides is 1. The van der Waals surface area contributed by atoms with Gasteiger partial charge in [0.05, 0.1) is 0 Å². The molecule has 0 fully saturated rings. The zero-order valence-corrected chi connectivity index (χ0v) is 19.2. The van der Waals surface area contributed by atoms with Crippen molar-refractivity contribution in [3.8, 4) is 22.6 Å². The minimum Gasteiger partial charge on any atom is -0.482 e. The first-order valence-electron chi connectivity index (χ1n) is 10.6. The molecular weight excluding hydrogens is 450 g/mol. The highest BCUT2D eigenvalue weighted by atomic mass is 35.5. The van der Waals surface area contributed by atoms with Crippen molar-refractivity contribution in [2.24, 2.45) is 0 Å². The van der Waals surface area contributed by atoms with E-state index < -0.39 is 5.97 Å². The molecule has 4 aromatic rings. The van der Waals surface area contributed by atoms with Crippen LogP contribution in [0.4, 0.5) is 5.69 Å². The number of halogens is 1. The molecule has 0 heterocycles. The zero-order chi connectivity index (χ0) is 23.9. The second-order valence-corrected chi connectivity index (χ2v) is 8.07. The number of ether oxygens (including phenoxy) is 2. The Morgan fingerprint density at radius 2 is 1.29 bits per heavy atom. The quantitative estimate of drug-likeness (QED) is 0.245. The SMILES string of the molecule is Cc1ccc(-c2ccc(OCC(=O)Oc3ccc(C(=O)Nc4ccc(Cl)cc4)cc3)cc2)cc1. The van der Waals surface area contributed by atoms with E-state index in [4.69, 9.17) is 21.1 Å². The normalized spacial score (nSPS) is 10.4. The monoisotopic (exact) mass is 471 g/mol. The van der Waals surface area contributed by atoms with Gasteiger partial charge in [0.1, 0.15) is 11.5 Å². The molecule has 0 aromatic heterocycles. The van der Waals surface area contributed by atoms with E-state index in [-0.39, 0.29) is 12.5 Å². The van der Waals surface area contributed by atoms with Crippen LogP contribution >= 0.6 is 11.6 Å². The van der Waals surface area contributed by atoms with Gasteiger partial charge in [0.25, 0.3) is 5.91 Å². The van der Waals surface area contributed by atoms with Crippen molar-refractivity contribution in [3.05, 3.63) is 113 Å². The first-order chi connectivity index (χ1) is 16.5. The van der Waals surface area contributed by atoms with Gasteiger partial charge in [-0.05, 0) is 78.7 Å². The van der Waals surface area contributed by atoms with E-state index in [2.05, 4.69) is 29.6 Å². The Labute approximate surface area is 202 Å². The third-order valence-corrected chi connectivity index (χ3v) is 5.30. The van der Waals surface area contributed by atoms with E-state index in [1.54, 1.807) is 48.5 Å². The van der Waals surface area contributed by atoms with Crippen LogP contribution in [0.15, 0.2) is 97.1 Å². The van der Waals surface area contributed by atoms with Crippen LogP contribution in [0.2, 0.25) is 5.02 Å². The maximum atomic E-state index is 12.3. The molecule has 1 N–H and O–H groups in total. The number of rotatable bonds is 7. The smallest absolute Gasteiger partial charge is 0.349 e. The molecule has 0 radical (unpaired) electrons. The maximum absolute atomic E-state index is 12.3. The van der Waals surface area contributed by atoms with Crippen LogP contribution in [-0.4, -0.2) is 18.5 Å². The molecule has 0 aliphatic heterocycles. The first-order valence-corrected chi connectivity index (χ1v) is 11.0. The fourth-order valence-electron chi connectivity index (χ4n) is 3.20. The molecule has 170 valence electrons. The Morgan fingerprint density at radius 1 is 0.735 bits per heavy atom. The van der Waals surface area contributed by atoms with E-state index in [0.717, 1.165) is 11.1 Å². The molecular formula is C28H22ClNO4. The Kier molecular flexibility index (Phi) is 7.25. The van der Waals surface area contributed by atoms with E-state index in [9.17, 15) is 9.59 Å². The third kappa shape index (κ3) is 6.24. The summed E-state index contributed by atoms with van der Waals surface area (Å²) in [6, 6.07) is 28.9. The van der Waals surface area contributed by atoms with Gasteiger partial charge in [-0.3, -0.25) is 4.79 Å². The van der Waals surface area contributed by atoms with Gasteiger partial charge < -0.3 is 14.8 Å². The summed E-state index contributed by atoms with van der Waals surface area (Å²) in [5.74, 6) is 0.0759. The average molecular weight is 472 g/mol. The number of benzene rings is 4. The van der Waals surface area contributed by atoms with Gasteiger partial charge in [0.15, 0.2) is 6.61 Å². The Hall–Kier alpha value is -4.09. The van der Waals surface area contributed by atoms with Gasteiger partial charge >= 0.3 is 5.97 Å². The lowest BCUT2D eigenvalue weighted by Crippen LogP contribution is -2.18. The van der Waals surface area contributed by atoms with Gasteiger partial charge in [-0.2, -0.15) is 0 Å². The third-order valence-electron chi connectivity index (χ3n) is 5.05. The summed E-state index contributed by atoms with van der Waals surface area (Å²) in [5, 5.41) is 3.37. The predicted octanol–water partition coefficient (Wildman–Crippen LogP) is 6.55. The zero-order valence-electron chi connectivity index (χ0n) is 18.5. The van der Waals surface area contributed by atoms with Crippen molar-refractivity contribution < 1.29 is 19.1 Å². The van der Waals surface area contributed by atoms with E-state index >= 15 is 0 Å². The highest BCUT2D eigenvalue weighted by Gasteiger charge is 2.10. The molecule has 4 aromatic carbocycles. The molecule has 4 rings (SSSR count). The lowest BCUT2D eigenvalue weighted by atomic mass is 10.0. The van der Waals surface area contributed by atoms with E-state index in [1.807, 2.05) is 31.2 Å². The van der Waals surface area contributed by atoms with E-state index in [1.165, 1.54) is 5.56 Å². The van der Waals surface area contributed by atoms with Gasteiger partial charge in [-0.25, -0.2) is 4.79 Å². The summed E-state index contributed by atoms with van der Waals surface area (Å²) in [6.45, 7) is 1.82. The summed E-state index contributed by atoms with van der Waals surface area (Å²) in [6.07, 6.45) is 0. The molecule has 0 spiro atoms. The topological polar surface area (TPSA) is 64.6 Å². The molecule has 0 atom stereocenters.